The van der Waals surface area contributed by atoms with Gasteiger partial charge < -0.3 is 25.2 Å². The number of nitrogens with zero attached hydrogens (tertiary/aromatic N) is 4. The number of rotatable bonds is 4. The van der Waals surface area contributed by atoms with Crippen LogP contribution in [0.2, 0.25) is 0 Å². The largest absolute Gasteiger partial charge is 0.507 e. The Morgan fingerprint density at radius 1 is 0.957 bits per heavy atom. The van der Waals surface area contributed by atoms with Gasteiger partial charge in [-0.15, -0.1) is 0 Å². The van der Waals surface area contributed by atoms with Gasteiger partial charge in [-0.1, -0.05) is 83.9 Å². The van der Waals surface area contributed by atoms with Crippen LogP contribution in [-0.2, 0) is 15.6 Å². The van der Waals surface area contributed by atoms with E-state index in [0.717, 1.165) is 11.1 Å². The van der Waals surface area contributed by atoms with Crippen LogP contribution >= 0.6 is 0 Å². The van der Waals surface area contributed by atoms with Gasteiger partial charge in [-0.05, 0) is 46.4 Å². The number of fused-ring (bicyclic) bond motifs is 2. The highest BCUT2D eigenvalue weighted by atomic mass is 16.3. The molecule has 1 amide bonds. The third-order valence-electron chi connectivity index (χ3n) is 9.48. The third-order valence-corrected chi connectivity index (χ3v) is 9.48. The van der Waals surface area contributed by atoms with Crippen molar-refractivity contribution in [3.63, 3.8) is 0 Å². The summed E-state index contributed by atoms with van der Waals surface area (Å²) < 4.78 is 1.71. The standard InChI is InChI=1S/C37H41N5O4/c1-35(2,3)23-13-8-21(9-14-23)10-17-28-40-26(18-27(43)22-11-15-24(16-12-22)36(4,5)6)29-33(41-28)42(20-39-29)30-25-19-37(25,34(46)38-7)32(45)31(30)44/h8-9,11-16,18,20,25,30-32,43-45H,19H2,1-7H3,(H,38,46)/b27-18-/t25-,30-,31-,32-,37+/m1/s1. The molecule has 0 saturated heterocycles. The van der Waals surface area contributed by atoms with Gasteiger partial charge >= 0.3 is 0 Å². The summed E-state index contributed by atoms with van der Waals surface area (Å²) in [5.41, 5.74) is 3.84. The molecule has 0 aliphatic heterocycles. The molecule has 46 heavy (non-hydrogen) atoms. The molecule has 4 aromatic rings. The van der Waals surface area contributed by atoms with Crippen LogP contribution in [0.1, 0.15) is 87.8 Å². The van der Waals surface area contributed by atoms with E-state index in [-0.39, 0.29) is 34.2 Å². The summed E-state index contributed by atoms with van der Waals surface area (Å²) >= 11 is 0. The van der Waals surface area contributed by atoms with Gasteiger partial charge in [-0.3, -0.25) is 4.79 Å². The van der Waals surface area contributed by atoms with E-state index in [1.807, 2.05) is 36.4 Å². The van der Waals surface area contributed by atoms with Crippen molar-refractivity contribution >= 4 is 28.9 Å². The SMILES string of the molecule is CNC(=O)[C@@]12C[C@@H]1[C@@H](n1cnc3c(/C=C(\O)c4ccc(C(C)(C)C)cc4)nc(C#Cc4ccc(C(C)(C)C)cc4)nc31)[C@@H](O)[C@H]2O. The lowest BCUT2D eigenvalue weighted by atomic mass is 9.86. The number of nitrogens with one attached hydrogen (secondary N) is 1. The van der Waals surface area contributed by atoms with E-state index in [1.165, 1.54) is 12.6 Å². The van der Waals surface area contributed by atoms with Crippen LogP contribution in [0.15, 0.2) is 54.9 Å². The second-order valence-corrected chi connectivity index (χ2v) is 14.5. The van der Waals surface area contributed by atoms with Crippen LogP contribution in [-0.4, -0.2) is 60.0 Å². The van der Waals surface area contributed by atoms with Crippen molar-refractivity contribution in [2.24, 2.45) is 11.3 Å². The molecule has 2 saturated carbocycles. The Kier molecular flexibility index (Phi) is 7.57. The maximum Gasteiger partial charge on any atom is 0.229 e. The Hall–Kier alpha value is -4.52. The predicted octanol–water partition coefficient (Wildman–Crippen LogP) is 4.91. The van der Waals surface area contributed by atoms with Gasteiger partial charge in [0.25, 0.3) is 0 Å². The number of benzene rings is 2. The van der Waals surface area contributed by atoms with Crippen molar-refractivity contribution in [1.29, 1.82) is 0 Å². The molecule has 2 aliphatic carbocycles. The molecule has 9 nitrogen and oxygen atoms in total. The number of aliphatic hydroxyl groups is 3. The van der Waals surface area contributed by atoms with Crippen LogP contribution in [0.3, 0.4) is 0 Å². The van der Waals surface area contributed by atoms with Crippen LogP contribution in [0, 0.1) is 23.2 Å². The highest BCUT2D eigenvalue weighted by molar-refractivity contribution is 5.89. The van der Waals surface area contributed by atoms with E-state index in [9.17, 15) is 20.1 Å². The summed E-state index contributed by atoms with van der Waals surface area (Å²) in [6.07, 6.45) is 1.11. The first-order valence-electron chi connectivity index (χ1n) is 15.6. The summed E-state index contributed by atoms with van der Waals surface area (Å²) in [6, 6.07) is 15.1. The number of hydrogen-bond acceptors (Lipinski definition) is 7. The Labute approximate surface area is 269 Å². The molecular formula is C37H41N5O4. The Morgan fingerprint density at radius 3 is 2.15 bits per heavy atom. The number of amides is 1. The first kappa shape index (κ1) is 31.5. The second-order valence-electron chi connectivity index (χ2n) is 14.5. The molecule has 0 spiro atoms. The zero-order valence-corrected chi connectivity index (χ0v) is 27.3. The quantitative estimate of drug-likeness (QED) is 0.189. The molecule has 9 heteroatoms. The average Bonchev–Trinajstić information content (AvgIpc) is 3.55. The fraction of sp³-hybridized carbons (Fsp3) is 0.405. The predicted molar refractivity (Wildman–Crippen MR) is 178 cm³/mol. The lowest BCUT2D eigenvalue weighted by Gasteiger charge is -2.23. The van der Waals surface area contributed by atoms with Crippen molar-refractivity contribution in [3.8, 4) is 11.8 Å². The molecule has 6 rings (SSSR count). The summed E-state index contributed by atoms with van der Waals surface area (Å²) in [6.45, 7) is 12.9. The van der Waals surface area contributed by atoms with Gasteiger partial charge in [-0.2, -0.15) is 0 Å². The molecule has 2 aromatic heterocycles. The fourth-order valence-electron chi connectivity index (χ4n) is 6.64. The van der Waals surface area contributed by atoms with Gasteiger partial charge in [0.1, 0.15) is 17.4 Å². The molecular weight excluding hydrogens is 578 g/mol. The van der Waals surface area contributed by atoms with Crippen LogP contribution in [0.5, 0.6) is 0 Å². The van der Waals surface area contributed by atoms with Crippen LogP contribution in [0.25, 0.3) is 23.0 Å². The van der Waals surface area contributed by atoms with Crippen molar-refractivity contribution in [1.82, 2.24) is 24.8 Å². The number of aromatic nitrogens is 4. The average molecular weight is 620 g/mol. The minimum absolute atomic E-state index is 0.00355. The van der Waals surface area contributed by atoms with Gasteiger partial charge in [0, 0.05) is 30.2 Å². The van der Waals surface area contributed by atoms with Gasteiger partial charge in [0.05, 0.1) is 29.6 Å². The molecule has 0 unspecified atom stereocenters. The first-order valence-corrected chi connectivity index (χ1v) is 15.6. The normalized spacial score (nSPS) is 24.3. The van der Waals surface area contributed by atoms with E-state index in [4.69, 9.17) is 4.98 Å². The number of aliphatic hydroxyl groups excluding tert-OH is 3. The molecule has 5 atom stereocenters. The maximum absolute atomic E-state index is 12.8. The molecule has 238 valence electrons. The highest BCUT2D eigenvalue weighted by Gasteiger charge is 2.75. The van der Waals surface area contributed by atoms with Crippen molar-refractivity contribution in [3.05, 3.63) is 88.6 Å². The molecule has 0 bridgehead atoms. The van der Waals surface area contributed by atoms with Crippen LogP contribution < -0.4 is 5.32 Å². The highest BCUT2D eigenvalue weighted by Crippen LogP contribution is 2.67. The molecule has 2 aromatic carbocycles. The minimum Gasteiger partial charge on any atom is -0.507 e. The fourth-order valence-corrected chi connectivity index (χ4v) is 6.64. The molecule has 2 aliphatic rings. The summed E-state index contributed by atoms with van der Waals surface area (Å²) in [4.78, 5) is 26.8. The summed E-state index contributed by atoms with van der Waals surface area (Å²) in [7, 11) is 1.53. The van der Waals surface area contributed by atoms with Gasteiger partial charge in [0.15, 0.2) is 5.65 Å². The number of hydrogen-bond donors (Lipinski definition) is 4. The van der Waals surface area contributed by atoms with E-state index < -0.39 is 23.7 Å². The molecule has 2 heterocycles. The Bertz CT molecular complexity index is 1900. The number of imidazole rings is 1. The zero-order valence-electron chi connectivity index (χ0n) is 27.3. The smallest absolute Gasteiger partial charge is 0.229 e. The topological polar surface area (TPSA) is 133 Å². The third kappa shape index (κ3) is 5.36. The van der Waals surface area contributed by atoms with Gasteiger partial charge in [0.2, 0.25) is 11.7 Å². The second kappa shape index (κ2) is 11.1. The van der Waals surface area contributed by atoms with Crippen molar-refractivity contribution in [2.45, 2.75) is 77.0 Å². The maximum atomic E-state index is 12.8. The lowest BCUT2D eigenvalue weighted by Crippen LogP contribution is -2.41. The Balaban J connectivity index is 1.44. The molecule has 2 fully saturated rings. The summed E-state index contributed by atoms with van der Waals surface area (Å²) in [5.74, 6) is 5.84. The first-order chi connectivity index (χ1) is 21.6. The van der Waals surface area contributed by atoms with E-state index in [1.54, 1.807) is 17.0 Å². The van der Waals surface area contributed by atoms with E-state index in [2.05, 4.69) is 80.8 Å². The van der Waals surface area contributed by atoms with E-state index >= 15 is 0 Å². The minimum atomic E-state index is -1.23. The summed E-state index contributed by atoms with van der Waals surface area (Å²) in [5, 5.41) is 35.9. The van der Waals surface area contributed by atoms with Crippen molar-refractivity contribution < 1.29 is 20.1 Å². The van der Waals surface area contributed by atoms with Gasteiger partial charge in [-0.25, -0.2) is 15.0 Å². The van der Waals surface area contributed by atoms with E-state index in [0.29, 0.717) is 28.8 Å². The lowest BCUT2D eigenvalue weighted by molar-refractivity contribution is -0.132. The molecule has 4 N–H and O–H groups in total. The monoisotopic (exact) mass is 619 g/mol. The number of carbonyl (C=O) groups excluding carboxylic acids is 1. The Morgan fingerprint density at radius 2 is 1.57 bits per heavy atom. The van der Waals surface area contributed by atoms with Crippen LogP contribution in [0.4, 0.5) is 0 Å². The van der Waals surface area contributed by atoms with Crippen molar-refractivity contribution in [2.75, 3.05) is 7.05 Å². The molecule has 0 radical (unpaired) electrons. The number of carbonyl (C=O) groups is 1. The zero-order chi connectivity index (χ0) is 33.2.